The average Bonchev–Trinajstić information content (AvgIpc) is 1.55. The van der Waals surface area contributed by atoms with Gasteiger partial charge in [-0.3, -0.25) is 43.0 Å². The molecular formula is C99H101F6N17O10. The van der Waals surface area contributed by atoms with Crippen LogP contribution in [0.2, 0.25) is 0 Å². The van der Waals surface area contributed by atoms with Gasteiger partial charge in [0.2, 0.25) is 17.7 Å². The van der Waals surface area contributed by atoms with Crippen molar-refractivity contribution in [3.8, 4) is 73.4 Å². The maximum Gasteiger partial charge on any atom is 0.354 e. The van der Waals surface area contributed by atoms with Crippen LogP contribution in [0, 0.1) is 55.7 Å². The van der Waals surface area contributed by atoms with E-state index in [9.17, 15) is 44.1 Å². The number of ether oxygens (including phenoxy) is 1. The molecule has 33 heteroatoms. The Morgan fingerprint density at radius 1 is 0.455 bits per heavy atom. The third kappa shape index (κ3) is 15.6. The van der Waals surface area contributed by atoms with E-state index >= 15 is 26.3 Å². The molecule has 0 saturated carbocycles. The van der Waals surface area contributed by atoms with E-state index in [4.69, 9.17) is 4.74 Å². The van der Waals surface area contributed by atoms with Gasteiger partial charge in [0, 0.05) is 119 Å². The number of phenols is 3. The van der Waals surface area contributed by atoms with Crippen LogP contribution in [0.15, 0.2) is 162 Å². The number of halogens is 6. The molecule has 27 nitrogen and oxygen atoms in total. The van der Waals surface area contributed by atoms with Gasteiger partial charge in [0.15, 0.2) is 23.2 Å². The summed E-state index contributed by atoms with van der Waals surface area (Å²) in [6, 6.07) is 19.2. The fraction of sp³-hybridized carbons (Fsp3) is 0.333. The maximum absolute atomic E-state index is 16.9. The Labute approximate surface area is 756 Å². The molecule has 3 amide bonds. The van der Waals surface area contributed by atoms with Crippen molar-refractivity contribution in [3.05, 3.63) is 248 Å². The molecule has 6 unspecified atom stereocenters. The van der Waals surface area contributed by atoms with Crippen molar-refractivity contribution in [2.45, 2.75) is 150 Å². The van der Waals surface area contributed by atoms with Gasteiger partial charge in [-0.25, -0.2) is 40.7 Å². The number of anilines is 5. The van der Waals surface area contributed by atoms with Crippen molar-refractivity contribution in [1.82, 2.24) is 58.3 Å². The Kier molecular flexibility index (Phi) is 24.7. The van der Waals surface area contributed by atoms with E-state index in [0.717, 1.165) is 34.9 Å². The summed E-state index contributed by atoms with van der Waals surface area (Å²) in [7, 11) is 1.72. The van der Waals surface area contributed by atoms with Gasteiger partial charge in [-0.2, -0.15) is 15.0 Å². The lowest BCUT2D eigenvalue weighted by atomic mass is 9.96. The number of nitrogens with zero attached hydrogens (tertiary/aromatic N) is 16. The van der Waals surface area contributed by atoms with Crippen LogP contribution in [0.3, 0.4) is 0 Å². The molecule has 12 aromatic rings. The Morgan fingerprint density at radius 3 is 1.20 bits per heavy atom. The van der Waals surface area contributed by atoms with Crippen molar-refractivity contribution >= 4 is 79.3 Å². The number of fused-ring (bicyclic) bond motifs is 6. The minimum absolute atomic E-state index is 0.0549. The second kappa shape index (κ2) is 35.8. The molecule has 0 spiro atoms. The fourth-order valence-electron chi connectivity index (χ4n) is 19.9. The number of hydrogen-bond donors (Lipinski definition) is 4. The summed E-state index contributed by atoms with van der Waals surface area (Å²) in [5.74, 6) is -6.42. The average molecular weight is 1800 g/mol. The Morgan fingerprint density at radius 2 is 0.803 bits per heavy atom. The van der Waals surface area contributed by atoms with Crippen LogP contribution in [-0.4, -0.2) is 194 Å². The van der Waals surface area contributed by atoms with E-state index in [-0.39, 0.29) is 163 Å². The molecule has 0 aliphatic carbocycles. The summed E-state index contributed by atoms with van der Waals surface area (Å²) >= 11 is 0. The number of amides is 3. The number of phenolic OH excluding ortho intramolecular Hbond substituents is 3. The van der Waals surface area contributed by atoms with Crippen LogP contribution >= 0.6 is 0 Å². The molecule has 12 heterocycles. The molecule has 4 N–H and O–H groups in total. The largest absolute Gasteiger partial charge is 0.507 e. The highest BCUT2D eigenvalue weighted by atomic mass is 19.1. The molecule has 6 aliphatic rings. The lowest BCUT2D eigenvalue weighted by Gasteiger charge is -2.47. The summed E-state index contributed by atoms with van der Waals surface area (Å²) in [4.78, 5) is 121. The number of aromatic nitrogens is 9. The van der Waals surface area contributed by atoms with Crippen molar-refractivity contribution in [2.75, 3.05) is 90.9 Å². The Balaban J connectivity index is 0.000000144. The first-order chi connectivity index (χ1) is 63.0. The second-order valence-corrected chi connectivity index (χ2v) is 35.4. The maximum atomic E-state index is 16.9. The van der Waals surface area contributed by atoms with Crippen LogP contribution < -0.4 is 46.7 Å². The van der Waals surface area contributed by atoms with Crippen LogP contribution in [0.5, 0.6) is 23.0 Å². The monoisotopic (exact) mass is 1800 g/mol. The van der Waals surface area contributed by atoms with Crippen LogP contribution in [0.4, 0.5) is 55.2 Å². The van der Waals surface area contributed by atoms with E-state index in [0.29, 0.717) is 115 Å². The number of rotatable bonds is 12. The smallest absolute Gasteiger partial charge is 0.354 e. The topological polar surface area (TPSA) is 299 Å². The number of benzene rings is 6. The molecule has 6 aromatic carbocycles. The van der Waals surface area contributed by atoms with E-state index in [1.165, 1.54) is 86.5 Å². The summed E-state index contributed by atoms with van der Waals surface area (Å²) in [5, 5.41) is 36.3. The van der Waals surface area contributed by atoms with Crippen LogP contribution in [-0.2, 0) is 14.4 Å². The zero-order valence-electron chi connectivity index (χ0n) is 75.3. The molecular weight excluding hydrogens is 1700 g/mol. The predicted molar refractivity (Wildman–Crippen MR) is 497 cm³/mol. The summed E-state index contributed by atoms with van der Waals surface area (Å²) < 4.78 is 106. The molecule has 0 bridgehead atoms. The number of aromatic hydroxyl groups is 3. The van der Waals surface area contributed by atoms with Gasteiger partial charge in [0.1, 0.15) is 52.2 Å². The lowest BCUT2D eigenvalue weighted by molar-refractivity contribution is -0.128. The lowest BCUT2D eigenvalue weighted by Crippen LogP contribution is -2.61. The van der Waals surface area contributed by atoms with Crippen molar-refractivity contribution < 1.29 is 60.8 Å². The summed E-state index contributed by atoms with van der Waals surface area (Å²) in [5.41, 5.74) is 3.23. The molecule has 6 aromatic heterocycles. The van der Waals surface area contributed by atoms with Crippen LogP contribution in [0.1, 0.15) is 127 Å². The number of nitrogens with one attached hydrogen (secondary N) is 1. The molecule has 0 radical (unpaired) electrons. The van der Waals surface area contributed by atoms with Crippen LogP contribution in [0.25, 0.3) is 83.2 Å². The molecule has 3 fully saturated rings. The number of carbonyl (C=O) groups is 3. The summed E-state index contributed by atoms with van der Waals surface area (Å²) in [6.07, 6.45) is 9.73. The molecule has 6 aliphatic heterocycles. The highest BCUT2D eigenvalue weighted by Gasteiger charge is 2.45. The van der Waals surface area contributed by atoms with Gasteiger partial charge in [-0.05, 0) is 173 Å². The Bertz CT molecular complexity index is 6630. The van der Waals surface area contributed by atoms with Gasteiger partial charge in [-0.15, -0.1) is 0 Å². The van der Waals surface area contributed by atoms with E-state index < -0.39 is 69.2 Å². The quantitative estimate of drug-likeness (QED) is 0.0652. The van der Waals surface area contributed by atoms with Gasteiger partial charge < -0.3 is 59.7 Å². The highest BCUT2D eigenvalue weighted by Crippen LogP contribution is 2.51. The Hall–Kier alpha value is -14.4. The number of likely N-dealkylation sites (N-methyl/N-ethyl adjacent to an activating group) is 1. The number of aryl methyl sites for hydroxylation is 3. The second-order valence-electron chi connectivity index (χ2n) is 35.4. The SMILES string of the molecule is C=CC(=O)N1CC(C)N2c3nc(=O)n(-c4c(C)ccnc4C(C)C)c4cc(-c5c(O)cccc5F)c(F)c(c34)N(C)CC2C1.C=CC(=O)N1CC(C)N2c3nc(=O)n(-c4c(C)ccnc4C(C)C)c4cc(-c5c(O)cccc5F)c(F)c(c34)NCCC2C1.C=CC(=O)N1CC(C)N2c3nc(=O)n(-c4c(C)ccnc4C(C)C)c4cc(-c5c(O)cccc5F)c(F)c(c34)OCCC2C1. The first-order valence-corrected chi connectivity index (χ1v) is 43.9. The molecule has 6 atom stereocenters. The molecule has 132 heavy (non-hydrogen) atoms. The normalized spacial score (nSPS) is 18.1. The minimum Gasteiger partial charge on any atom is -0.507 e. The first-order valence-electron chi connectivity index (χ1n) is 43.9. The van der Waals surface area contributed by atoms with E-state index in [2.05, 4.69) is 55.0 Å². The molecule has 684 valence electrons. The number of pyridine rings is 3. The van der Waals surface area contributed by atoms with E-state index in [1.807, 2.05) is 97.8 Å². The fourth-order valence-corrected chi connectivity index (χ4v) is 19.9. The molecule has 18 rings (SSSR count). The van der Waals surface area contributed by atoms with Gasteiger partial charge >= 0.3 is 17.1 Å². The van der Waals surface area contributed by atoms with E-state index in [1.54, 1.807) is 63.4 Å². The predicted octanol–water partition coefficient (Wildman–Crippen LogP) is 15.4. The standard InChI is InChI=1S/2C33H34F2N6O3.C33H33F2N5O4/c1-7-25(43)39-14-19(5)40-20(16-39)15-38(6)31-27-23(13-21(28(31)35)26-22(34)9-8-10-24(26)42)41(33(44)37-32(27)40)30-18(4)11-12-36-29(30)17(2)3;1-6-25(43)39-15-19(5)40-20(16-39)11-13-37-30-27-23(14-21(28(30)35)26-22(34)8-7-9-24(26)42)41(33(44)38-32(27)40)31-18(4)10-12-36-29(31)17(2)3;1-6-25(42)38-15-19(5)39-20(16-38)11-13-44-31-27-23(14-21(28(31)35)26-22(34)8-7-9-24(26)41)40(33(43)37-32(27)39)30-18(4)10-12-36-29(30)17(2)3/h7-13,17,19-20,42H,1,14-16H2,2-6H3;6-10,12,14,17,19-20,37,42H,1,11,13,15-16H2,2-5H3;6-10,12,14,17,19-20,41H,1,11,13,15-16H2,2-5H3. The zero-order chi connectivity index (χ0) is 94.5. The van der Waals surface area contributed by atoms with Gasteiger partial charge in [0.25, 0.3) is 0 Å². The third-order valence-electron chi connectivity index (χ3n) is 25.7. The number of piperazine rings is 3. The zero-order valence-corrected chi connectivity index (χ0v) is 75.3. The van der Waals surface area contributed by atoms with Crippen molar-refractivity contribution in [3.63, 3.8) is 0 Å². The number of carbonyl (C=O) groups excluding carboxylic acids is 3. The van der Waals surface area contributed by atoms with Gasteiger partial charge in [0.05, 0.1) is 120 Å². The van der Waals surface area contributed by atoms with Crippen molar-refractivity contribution in [1.29, 1.82) is 0 Å². The minimum atomic E-state index is -0.885. The summed E-state index contributed by atoms with van der Waals surface area (Å²) in [6.45, 7) is 36.7. The first kappa shape index (κ1) is 90.9. The van der Waals surface area contributed by atoms with Crippen molar-refractivity contribution in [2.24, 2.45) is 0 Å². The van der Waals surface area contributed by atoms with Gasteiger partial charge in [-0.1, -0.05) is 79.5 Å². The molecule has 3 saturated heterocycles. The highest BCUT2D eigenvalue weighted by molar-refractivity contribution is 6.08. The third-order valence-corrected chi connectivity index (χ3v) is 25.7. The number of hydrogen-bond acceptors (Lipinski definition) is 21.